The Morgan fingerprint density at radius 3 is 2.30 bits per heavy atom. The quantitative estimate of drug-likeness (QED) is 0.768. The Morgan fingerprint density at radius 2 is 1.70 bits per heavy atom. The molecule has 1 aromatic rings. The fourth-order valence-electron chi connectivity index (χ4n) is 4.42. The molecule has 3 rings (SSSR count). The van der Waals surface area contributed by atoms with Crippen LogP contribution < -0.4 is 10.2 Å². The Labute approximate surface area is 163 Å². The van der Waals surface area contributed by atoms with Crippen molar-refractivity contribution in [3.63, 3.8) is 0 Å². The van der Waals surface area contributed by atoms with Crippen LogP contribution in [0.5, 0.6) is 0 Å². The van der Waals surface area contributed by atoms with E-state index >= 15 is 0 Å². The molecule has 1 aromatic carbocycles. The molecule has 2 aliphatic rings. The first-order valence-electron chi connectivity index (χ1n) is 10.6. The first-order chi connectivity index (χ1) is 13.1. The summed E-state index contributed by atoms with van der Waals surface area (Å²) in [5.41, 5.74) is 1.96. The van der Waals surface area contributed by atoms with Gasteiger partial charge in [0, 0.05) is 43.5 Å². The molecule has 5 heteroatoms. The van der Waals surface area contributed by atoms with Crippen molar-refractivity contribution >= 4 is 23.2 Å². The van der Waals surface area contributed by atoms with Crippen LogP contribution >= 0.6 is 0 Å². The zero-order valence-electron chi connectivity index (χ0n) is 16.7. The van der Waals surface area contributed by atoms with Crippen LogP contribution in [0, 0.1) is 5.92 Å². The standard InChI is InChI=1S/C22H33N3O2/c1-3-24(4-2)19-13-11-18(12-14-19)23-22(27)17-15-21(26)25(16-17)20-9-7-5-6-8-10-20/h11-14,17,20H,3-10,15-16H2,1-2H3,(H,23,27). The van der Waals surface area contributed by atoms with Crippen LogP contribution in [0.2, 0.25) is 0 Å². The molecule has 27 heavy (non-hydrogen) atoms. The van der Waals surface area contributed by atoms with Crippen molar-refractivity contribution in [2.45, 2.75) is 64.8 Å². The summed E-state index contributed by atoms with van der Waals surface area (Å²) in [6, 6.07) is 8.32. The highest BCUT2D eigenvalue weighted by molar-refractivity contribution is 5.97. The molecule has 0 spiro atoms. The van der Waals surface area contributed by atoms with Crippen molar-refractivity contribution < 1.29 is 9.59 Å². The smallest absolute Gasteiger partial charge is 0.229 e. The van der Waals surface area contributed by atoms with Crippen LogP contribution in [0.4, 0.5) is 11.4 Å². The highest BCUT2D eigenvalue weighted by atomic mass is 16.2. The van der Waals surface area contributed by atoms with Crippen molar-refractivity contribution in [1.29, 1.82) is 0 Å². The molecule has 5 nitrogen and oxygen atoms in total. The van der Waals surface area contributed by atoms with Crippen molar-refractivity contribution in [2.24, 2.45) is 5.92 Å². The predicted molar refractivity (Wildman–Crippen MR) is 110 cm³/mol. The third-order valence-electron chi connectivity index (χ3n) is 6.06. The van der Waals surface area contributed by atoms with Gasteiger partial charge in [0.2, 0.25) is 11.8 Å². The zero-order valence-corrected chi connectivity index (χ0v) is 16.7. The number of nitrogens with one attached hydrogen (secondary N) is 1. The SMILES string of the molecule is CCN(CC)c1ccc(NC(=O)C2CC(=O)N(C3CCCCCC3)C2)cc1. The maximum atomic E-state index is 12.7. The summed E-state index contributed by atoms with van der Waals surface area (Å²) < 4.78 is 0. The number of anilines is 2. The van der Waals surface area contributed by atoms with Gasteiger partial charge in [-0.2, -0.15) is 0 Å². The van der Waals surface area contributed by atoms with E-state index in [1.165, 1.54) is 25.7 Å². The molecule has 1 N–H and O–H groups in total. The number of likely N-dealkylation sites (tertiary alicyclic amines) is 1. The molecule has 0 aromatic heterocycles. The third kappa shape index (κ3) is 4.82. The number of amides is 2. The maximum absolute atomic E-state index is 12.7. The van der Waals surface area contributed by atoms with Gasteiger partial charge in [-0.05, 0) is 51.0 Å². The van der Waals surface area contributed by atoms with E-state index in [-0.39, 0.29) is 17.7 Å². The fraction of sp³-hybridized carbons (Fsp3) is 0.636. The molecule has 1 aliphatic heterocycles. The Kier molecular flexibility index (Phi) is 6.75. The molecule has 1 aliphatic carbocycles. The molecule has 1 saturated carbocycles. The molecule has 2 fully saturated rings. The van der Waals surface area contributed by atoms with Gasteiger partial charge in [-0.25, -0.2) is 0 Å². The minimum atomic E-state index is -0.233. The Hall–Kier alpha value is -2.04. The van der Waals surface area contributed by atoms with Crippen LogP contribution in [0.3, 0.4) is 0 Å². The lowest BCUT2D eigenvalue weighted by Crippen LogP contribution is -2.37. The van der Waals surface area contributed by atoms with E-state index in [1.807, 2.05) is 29.2 Å². The van der Waals surface area contributed by atoms with E-state index in [1.54, 1.807) is 0 Å². The summed E-state index contributed by atoms with van der Waals surface area (Å²) in [4.78, 5) is 29.4. The summed E-state index contributed by atoms with van der Waals surface area (Å²) in [7, 11) is 0. The molecule has 0 radical (unpaired) electrons. The number of hydrogen-bond donors (Lipinski definition) is 1. The van der Waals surface area contributed by atoms with E-state index in [2.05, 4.69) is 24.1 Å². The number of carbonyl (C=O) groups excluding carboxylic acids is 2. The van der Waals surface area contributed by atoms with Gasteiger partial charge in [0.15, 0.2) is 0 Å². The average Bonchev–Trinajstić information content (AvgIpc) is 2.89. The molecule has 1 saturated heterocycles. The Bertz CT molecular complexity index is 631. The van der Waals surface area contributed by atoms with E-state index in [0.717, 1.165) is 37.3 Å². The fourth-order valence-corrected chi connectivity index (χ4v) is 4.42. The minimum Gasteiger partial charge on any atom is -0.372 e. The van der Waals surface area contributed by atoms with Crippen molar-refractivity contribution in [1.82, 2.24) is 4.90 Å². The number of rotatable bonds is 6. The molecular formula is C22H33N3O2. The van der Waals surface area contributed by atoms with Gasteiger partial charge in [-0.1, -0.05) is 25.7 Å². The van der Waals surface area contributed by atoms with E-state index in [9.17, 15) is 9.59 Å². The summed E-state index contributed by atoms with van der Waals surface area (Å²) in [6.45, 7) is 6.77. The second-order valence-electron chi connectivity index (χ2n) is 7.80. The van der Waals surface area contributed by atoms with Crippen LogP contribution in [-0.2, 0) is 9.59 Å². The summed E-state index contributed by atoms with van der Waals surface area (Å²) in [6.07, 6.45) is 7.46. The molecular weight excluding hydrogens is 338 g/mol. The minimum absolute atomic E-state index is 0.0324. The monoisotopic (exact) mass is 371 g/mol. The molecule has 148 valence electrons. The van der Waals surface area contributed by atoms with Crippen molar-refractivity contribution in [3.05, 3.63) is 24.3 Å². The summed E-state index contributed by atoms with van der Waals surface area (Å²) >= 11 is 0. The summed E-state index contributed by atoms with van der Waals surface area (Å²) in [5.74, 6) is -0.114. The molecule has 1 atom stereocenters. The molecule has 1 unspecified atom stereocenters. The van der Waals surface area contributed by atoms with Gasteiger partial charge in [0.05, 0.1) is 5.92 Å². The Morgan fingerprint density at radius 1 is 1.07 bits per heavy atom. The topological polar surface area (TPSA) is 52.7 Å². The first-order valence-corrected chi connectivity index (χ1v) is 10.6. The largest absolute Gasteiger partial charge is 0.372 e. The van der Waals surface area contributed by atoms with Gasteiger partial charge >= 0.3 is 0 Å². The third-order valence-corrected chi connectivity index (χ3v) is 6.06. The van der Waals surface area contributed by atoms with Crippen LogP contribution in [0.15, 0.2) is 24.3 Å². The van der Waals surface area contributed by atoms with Crippen LogP contribution in [0.1, 0.15) is 58.8 Å². The second-order valence-corrected chi connectivity index (χ2v) is 7.80. The van der Waals surface area contributed by atoms with E-state index in [0.29, 0.717) is 19.0 Å². The molecule has 0 bridgehead atoms. The lowest BCUT2D eigenvalue weighted by atomic mass is 10.1. The van der Waals surface area contributed by atoms with Crippen LogP contribution in [-0.4, -0.2) is 42.4 Å². The number of nitrogens with zero attached hydrogens (tertiary/aromatic N) is 2. The summed E-state index contributed by atoms with van der Waals surface area (Å²) in [5, 5.41) is 3.01. The second kappa shape index (κ2) is 9.25. The lowest BCUT2D eigenvalue weighted by molar-refractivity contribution is -0.130. The highest BCUT2D eigenvalue weighted by Crippen LogP contribution is 2.29. The van der Waals surface area contributed by atoms with Crippen LogP contribution in [0.25, 0.3) is 0 Å². The van der Waals surface area contributed by atoms with Crippen molar-refractivity contribution in [2.75, 3.05) is 29.9 Å². The molecule has 1 heterocycles. The van der Waals surface area contributed by atoms with Gasteiger partial charge in [-0.15, -0.1) is 0 Å². The number of hydrogen-bond acceptors (Lipinski definition) is 3. The number of benzene rings is 1. The number of carbonyl (C=O) groups is 2. The average molecular weight is 372 g/mol. The zero-order chi connectivity index (χ0) is 19.2. The van der Waals surface area contributed by atoms with Gasteiger partial charge < -0.3 is 15.1 Å². The van der Waals surface area contributed by atoms with Crippen molar-refractivity contribution in [3.8, 4) is 0 Å². The highest BCUT2D eigenvalue weighted by Gasteiger charge is 2.37. The van der Waals surface area contributed by atoms with E-state index in [4.69, 9.17) is 0 Å². The normalized spacial score (nSPS) is 21.2. The maximum Gasteiger partial charge on any atom is 0.229 e. The Balaban J connectivity index is 1.57. The molecule has 2 amide bonds. The lowest BCUT2D eigenvalue weighted by Gasteiger charge is -2.27. The first kappa shape index (κ1) is 19.7. The predicted octanol–water partition coefficient (Wildman–Crippen LogP) is 4.04. The van der Waals surface area contributed by atoms with Gasteiger partial charge in [-0.3, -0.25) is 9.59 Å². The van der Waals surface area contributed by atoms with Gasteiger partial charge in [0.25, 0.3) is 0 Å². The van der Waals surface area contributed by atoms with Gasteiger partial charge in [0.1, 0.15) is 0 Å². The van der Waals surface area contributed by atoms with E-state index < -0.39 is 0 Å².